The molecule has 1 fully saturated rings. The summed E-state index contributed by atoms with van der Waals surface area (Å²) in [7, 11) is -3.31. The number of furan rings is 1. The van der Waals surface area contributed by atoms with Gasteiger partial charge in [-0.05, 0) is 74.7 Å². The third kappa shape index (κ3) is 4.33. The Morgan fingerprint density at radius 2 is 1.97 bits per heavy atom. The van der Waals surface area contributed by atoms with Gasteiger partial charge >= 0.3 is 0 Å². The van der Waals surface area contributed by atoms with Crippen molar-refractivity contribution in [2.24, 2.45) is 0 Å². The van der Waals surface area contributed by atoms with Gasteiger partial charge in [-0.2, -0.15) is 0 Å². The molecular formula is C21H27N3O4S. The molecule has 7 nitrogen and oxygen atoms in total. The van der Waals surface area contributed by atoms with Gasteiger partial charge < -0.3 is 9.73 Å². The average molecular weight is 418 g/mol. The highest BCUT2D eigenvalue weighted by Crippen LogP contribution is 2.30. The summed E-state index contributed by atoms with van der Waals surface area (Å²) in [6, 6.07) is 9.12. The predicted molar refractivity (Wildman–Crippen MR) is 112 cm³/mol. The van der Waals surface area contributed by atoms with Crippen LogP contribution in [0, 0.1) is 0 Å². The first-order chi connectivity index (χ1) is 13.9. The van der Waals surface area contributed by atoms with Gasteiger partial charge in [-0.3, -0.25) is 14.0 Å². The van der Waals surface area contributed by atoms with Crippen LogP contribution in [-0.2, 0) is 16.4 Å². The number of hydrogen-bond acceptors (Lipinski definition) is 5. The molecule has 0 saturated carbocycles. The fraction of sp³-hybridized carbons (Fsp3) is 0.476. The lowest BCUT2D eigenvalue weighted by atomic mass is 10.0. The molecule has 1 atom stereocenters. The Kier molecular flexibility index (Phi) is 5.65. The topological polar surface area (TPSA) is 82.9 Å². The number of rotatable bonds is 6. The molecule has 29 heavy (non-hydrogen) atoms. The van der Waals surface area contributed by atoms with Crippen LogP contribution in [0.15, 0.2) is 41.0 Å². The van der Waals surface area contributed by atoms with Crippen LogP contribution in [0.25, 0.3) is 0 Å². The molecule has 2 aromatic rings. The second-order valence-corrected chi connectivity index (χ2v) is 9.67. The molecule has 1 saturated heterocycles. The van der Waals surface area contributed by atoms with Gasteiger partial charge in [-0.1, -0.05) is 0 Å². The van der Waals surface area contributed by atoms with Crippen LogP contribution >= 0.6 is 0 Å². The van der Waals surface area contributed by atoms with E-state index in [4.69, 9.17) is 4.42 Å². The number of carbonyl (C=O) groups excluding carboxylic acids is 1. The van der Waals surface area contributed by atoms with Crippen molar-refractivity contribution in [1.29, 1.82) is 0 Å². The number of aryl methyl sites for hydroxylation is 1. The van der Waals surface area contributed by atoms with E-state index in [1.807, 2.05) is 18.2 Å². The zero-order valence-corrected chi connectivity index (χ0v) is 17.5. The maximum atomic E-state index is 12.8. The number of likely N-dealkylation sites (tertiary alicyclic amines) is 1. The van der Waals surface area contributed by atoms with E-state index in [1.165, 1.54) is 10.6 Å². The van der Waals surface area contributed by atoms with Gasteiger partial charge in [0.25, 0.3) is 5.91 Å². The SMILES string of the molecule is CS(=O)(=O)N1CCCc2cc(C(=O)NC[C@@H](c3ccco3)N3CCCC3)ccc21. The van der Waals surface area contributed by atoms with E-state index in [1.54, 1.807) is 18.4 Å². The highest BCUT2D eigenvalue weighted by atomic mass is 32.2. The molecule has 0 bridgehead atoms. The standard InChI is InChI=1S/C21H27N3O4S/c1-29(26,27)24-12-4-6-16-14-17(8-9-18(16)24)21(25)22-15-19(20-7-5-13-28-20)23-10-2-3-11-23/h5,7-9,13-14,19H,2-4,6,10-12,15H2,1H3,(H,22,25)/t19-/m0/s1. The fourth-order valence-electron chi connectivity index (χ4n) is 4.28. The van der Waals surface area contributed by atoms with Gasteiger partial charge in [0.2, 0.25) is 10.0 Å². The molecule has 156 valence electrons. The largest absolute Gasteiger partial charge is 0.468 e. The molecule has 1 aromatic heterocycles. The number of amides is 1. The Balaban J connectivity index is 1.48. The van der Waals surface area contributed by atoms with E-state index in [0.29, 0.717) is 24.3 Å². The summed E-state index contributed by atoms with van der Waals surface area (Å²) in [6.07, 6.45) is 6.72. The quantitative estimate of drug-likeness (QED) is 0.781. The third-order valence-electron chi connectivity index (χ3n) is 5.73. The van der Waals surface area contributed by atoms with Crippen LogP contribution in [0.3, 0.4) is 0 Å². The van der Waals surface area contributed by atoms with E-state index < -0.39 is 10.0 Å². The van der Waals surface area contributed by atoms with Crippen molar-refractivity contribution in [1.82, 2.24) is 10.2 Å². The lowest BCUT2D eigenvalue weighted by Gasteiger charge is -2.29. The number of nitrogens with zero attached hydrogens (tertiary/aromatic N) is 2. The molecule has 1 aromatic carbocycles. The summed E-state index contributed by atoms with van der Waals surface area (Å²) in [6.45, 7) is 2.96. The molecular weight excluding hydrogens is 390 g/mol. The summed E-state index contributed by atoms with van der Waals surface area (Å²) in [5.41, 5.74) is 2.14. The Morgan fingerprint density at radius 3 is 2.66 bits per heavy atom. The number of nitrogens with one attached hydrogen (secondary N) is 1. The summed E-state index contributed by atoms with van der Waals surface area (Å²) in [4.78, 5) is 15.1. The van der Waals surface area contributed by atoms with Crippen molar-refractivity contribution in [3.05, 3.63) is 53.5 Å². The average Bonchev–Trinajstić information content (AvgIpc) is 3.41. The van der Waals surface area contributed by atoms with E-state index in [2.05, 4.69) is 10.2 Å². The second-order valence-electron chi connectivity index (χ2n) is 7.77. The summed E-state index contributed by atoms with van der Waals surface area (Å²) < 4.78 is 31.1. The summed E-state index contributed by atoms with van der Waals surface area (Å²) >= 11 is 0. The number of carbonyl (C=O) groups is 1. The van der Waals surface area contributed by atoms with Crippen molar-refractivity contribution in [2.45, 2.75) is 31.7 Å². The molecule has 2 aliphatic heterocycles. The molecule has 0 radical (unpaired) electrons. The van der Waals surface area contributed by atoms with E-state index >= 15 is 0 Å². The maximum Gasteiger partial charge on any atom is 0.251 e. The normalized spacial score (nSPS) is 18.4. The minimum Gasteiger partial charge on any atom is -0.468 e. The minimum absolute atomic E-state index is 0.0230. The minimum atomic E-state index is -3.31. The van der Waals surface area contributed by atoms with Crippen LogP contribution in [0.5, 0.6) is 0 Å². The Hall–Kier alpha value is -2.32. The molecule has 0 spiro atoms. The predicted octanol–water partition coefficient (Wildman–Crippen LogP) is 2.56. The Bertz CT molecular complexity index is 966. The van der Waals surface area contributed by atoms with E-state index in [-0.39, 0.29) is 11.9 Å². The van der Waals surface area contributed by atoms with Gasteiger partial charge in [0.15, 0.2) is 0 Å². The molecule has 1 N–H and O–H groups in total. The number of sulfonamides is 1. The van der Waals surface area contributed by atoms with Gasteiger partial charge in [0, 0.05) is 18.7 Å². The maximum absolute atomic E-state index is 12.8. The summed E-state index contributed by atoms with van der Waals surface area (Å²) in [5, 5.41) is 3.04. The number of anilines is 1. The first-order valence-corrected chi connectivity index (χ1v) is 11.9. The van der Waals surface area contributed by atoms with Gasteiger partial charge in [-0.15, -0.1) is 0 Å². The number of fused-ring (bicyclic) bond motifs is 1. The molecule has 8 heteroatoms. The molecule has 4 rings (SSSR count). The molecule has 2 aliphatic rings. The lowest BCUT2D eigenvalue weighted by Crippen LogP contribution is -2.37. The van der Waals surface area contributed by atoms with Crippen molar-refractivity contribution >= 4 is 21.6 Å². The van der Waals surface area contributed by atoms with Crippen LogP contribution in [-0.4, -0.2) is 51.7 Å². The Morgan fingerprint density at radius 1 is 1.17 bits per heavy atom. The van der Waals surface area contributed by atoms with Gasteiger partial charge in [0.05, 0.1) is 24.2 Å². The first kappa shape index (κ1) is 20.0. The van der Waals surface area contributed by atoms with E-state index in [0.717, 1.165) is 50.1 Å². The fourth-order valence-corrected chi connectivity index (χ4v) is 5.28. The number of hydrogen-bond donors (Lipinski definition) is 1. The van der Waals surface area contributed by atoms with Gasteiger partial charge in [-0.25, -0.2) is 8.42 Å². The number of benzene rings is 1. The molecule has 1 amide bonds. The van der Waals surface area contributed by atoms with Crippen LogP contribution in [0.2, 0.25) is 0 Å². The van der Waals surface area contributed by atoms with Crippen LogP contribution in [0.1, 0.15) is 47.0 Å². The van der Waals surface area contributed by atoms with Crippen LogP contribution in [0.4, 0.5) is 5.69 Å². The van der Waals surface area contributed by atoms with Crippen LogP contribution < -0.4 is 9.62 Å². The monoisotopic (exact) mass is 417 g/mol. The zero-order chi connectivity index (χ0) is 20.4. The lowest BCUT2D eigenvalue weighted by molar-refractivity contribution is 0.0933. The Labute approximate surface area is 171 Å². The van der Waals surface area contributed by atoms with Crippen molar-refractivity contribution < 1.29 is 17.6 Å². The molecule has 0 unspecified atom stereocenters. The second kappa shape index (κ2) is 8.20. The van der Waals surface area contributed by atoms with Crippen molar-refractivity contribution in [3.63, 3.8) is 0 Å². The smallest absolute Gasteiger partial charge is 0.251 e. The van der Waals surface area contributed by atoms with Crippen molar-refractivity contribution in [2.75, 3.05) is 36.7 Å². The van der Waals surface area contributed by atoms with Gasteiger partial charge in [0.1, 0.15) is 5.76 Å². The first-order valence-electron chi connectivity index (χ1n) is 10.1. The van der Waals surface area contributed by atoms with Crippen molar-refractivity contribution in [3.8, 4) is 0 Å². The summed E-state index contributed by atoms with van der Waals surface area (Å²) in [5.74, 6) is 0.710. The molecule has 3 heterocycles. The molecule has 0 aliphatic carbocycles. The van der Waals surface area contributed by atoms with E-state index in [9.17, 15) is 13.2 Å². The highest BCUT2D eigenvalue weighted by Gasteiger charge is 2.27. The highest BCUT2D eigenvalue weighted by molar-refractivity contribution is 7.92. The zero-order valence-electron chi connectivity index (χ0n) is 16.6. The third-order valence-corrected chi connectivity index (χ3v) is 6.91.